The summed E-state index contributed by atoms with van der Waals surface area (Å²) in [6.07, 6.45) is 4.25. The van der Waals surface area contributed by atoms with E-state index in [0.717, 1.165) is 22.6 Å². The summed E-state index contributed by atoms with van der Waals surface area (Å²) in [7, 11) is 0. The van der Waals surface area contributed by atoms with Crippen LogP contribution in [-0.2, 0) is 0 Å². The molecule has 0 aromatic heterocycles. The van der Waals surface area contributed by atoms with Crippen LogP contribution in [-0.4, -0.2) is 23.0 Å². The summed E-state index contributed by atoms with van der Waals surface area (Å²) in [5, 5.41) is 0.207. The maximum absolute atomic E-state index is 12.2. The molecule has 1 unspecified atom stereocenters. The second-order valence-electron chi connectivity index (χ2n) is 3.57. The van der Waals surface area contributed by atoms with Gasteiger partial charge in [0.1, 0.15) is 0 Å². The van der Waals surface area contributed by atoms with E-state index in [1.807, 2.05) is 30.5 Å². The first-order valence-corrected chi connectivity index (χ1v) is 7.39. The molecule has 80 valence electrons. The van der Waals surface area contributed by atoms with E-state index >= 15 is 0 Å². The summed E-state index contributed by atoms with van der Waals surface area (Å²) in [4.78, 5) is 13.3. The minimum Gasteiger partial charge on any atom is -0.293 e. The maximum atomic E-state index is 12.2. The van der Waals surface area contributed by atoms with Gasteiger partial charge in [0.05, 0.1) is 5.25 Å². The molecule has 2 rings (SSSR count). The molecule has 0 bridgehead atoms. The molecular formula is C12H14OS2. The van der Waals surface area contributed by atoms with Crippen LogP contribution in [0.4, 0.5) is 0 Å². The molecule has 1 nitrogen and oxygen atoms in total. The van der Waals surface area contributed by atoms with Crippen LogP contribution in [0.5, 0.6) is 0 Å². The Bertz CT molecular complexity index is 356. The molecule has 1 heterocycles. The highest BCUT2D eigenvalue weighted by Gasteiger charge is 2.25. The topological polar surface area (TPSA) is 17.1 Å². The van der Waals surface area contributed by atoms with Gasteiger partial charge in [-0.2, -0.15) is 11.8 Å². The fourth-order valence-corrected chi connectivity index (χ4v) is 3.64. The number of rotatable bonds is 3. The lowest BCUT2D eigenvalue weighted by atomic mass is 10.1. The Morgan fingerprint density at radius 1 is 1.47 bits per heavy atom. The number of thioether (sulfide) groups is 2. The van der Waals surface area contributed by atoms with Gasteiger partial charge in [0.25, 0.3) is 0 Å². The first-order valence-electron chi connectivity index (χ1n) is 5.12. The third-order valence-electron chi connectivity index (χ3n) is 2.59. The summed E-state index contributed by atoms with van der Waals surface area (Å²) in [6, 6.07) is 7.92. The molecule has 15 heavy (non-hydrogen) atoms. The number of ketones is 1. The third-order valence-corrected chi connectivity index (χ3v) is 4.77. The highest BCUT2D eigenvalue weighted by atomic mass is 32.2. The molecule has 0 spiro atoms. The molecule has 1 aromatic carbocycles. The van der Waals surface area contributed by atoms with E-state index in [1.165, 1.54) is 6.42 Å². The number of Topliss-reactive ketones (excluding diaryl/α,β-unsaturated/α-hetero) is 1. The number of hydrogen-bond donors (Lipinski definition) is 0. The average molecular weight is 238 g/mol. The van der Waals surface area contributed by atoms with Gasteiger partial charge in [-0.15, -0.1) is 11.8 Å². The van der Waals surface area contributed by atoms with Gasteiger partial charge in [-0.1, -0.05) is 18.2 Å². The van der Waals surface area contributed by atoms with Crippen molar-refractivity contribution in [1.82, 2.24) is 0 Å². The van der Waals surface area contributed by atoms with Crippen molar-refractivity contribution in [2.24, 2.45) is 0 Å². The zero-order valence-electron chi connectivity index (χ0n) is 8.73. The van der Waals surface area contributed by atoms with Crippen LogP contribution < -0.4 is 0 Å². The molecule has 0 aliphatic carbocycles. The highest BCUT2D eigenvalue weighted by Crippen LogP contribution is 2.31. The van der Waals surface area contributed by atoms with Crippen molar-refractivity contribution in [1.29, 1.82) is 0 Å². The van der Waals surface area contributed by atoms with E-state index in [0.29, 0.717) is 5.78 Å². The molecule has 0 amide bonds. The molecular weight excluding hydrogens is 224 g/mol. The van der Waals surface area contributed by atoms with Crippen molar-refractivity contribution in [2.45, 2.75) is 23.0 Å². The molecule has 1 atom stereocenters. The minimum atomic E-state index is 0.207. The average Bonchev–Trinajstić information content (AvgIpc) is 2.81. The van der Waals surface area contributed by atoms with Crippen molar-refractivity contribution in [3.8, 4) is 0 Å². The summed E-state index contributed by atoms with van der Waals surface area (Å²) in [6.45, 7) is 0. The zero-order valence-corrected chi connectivity index (χ0v) is 10.4. The Morgan fingerprint density at radius 2 is 2.27 bits per heavy atom. The second-order valence-corrected chi connectivity index (χ2v) is 5.72. The van der Waals surface area contributed by atoms with E-state index < -0.39 is 0 Å². The van der Waals surface area contributed by atoms with Crippen molar-refractivity contribution in [3.05, 3.63) is 29.8 Å². The first-order chi connectivity index (χ1) is 7.33. The van der Waals surface area contributed by atoms with Gasteiger partial charge in [-0.05, 0) is 30.9 Å². The lowest BCUT2D eigenvalue weighted by molar-refractivity contribution is 0.0985. The van der Waals surface area contributed by atoms with Crippen molar-refractivity contribution < 1.29 is 4.79 Å². The fourth-order valence-electron chi connectivity index (χ4n) is 1.81. The molecule has 0 N–H and O–H groups in total. The number of hydrogen-bond acceptors (Lipinski definition) is 3. The quantitative estimate of drug-likeness (QED) is 0.593. The van der Waals surface area contributed by atoms with Crippen molar-refractivity contribution in [2.75, 3.05) is 12.0 Å². The standard InChI is InChI=1S/C12H14OS2/c1-14-10-6-3-2-5-9(10)12(13)11-7-4-8-15-11/h2-3,5-6,11H,4,7-8H2,1H3. The van der Waals surface area contributed by atoms with E-state index in [1.54, 1.807) is 23.5 Å². The third kappa shape index (κ3) is 2.40. The summed E-state index contributed by atoms with van der Waals surface area (Å²) in [5.74, 6) is 1.46. The lowest BCUT2D eigenvalue weighted by Crippen LogP contribution is -2.14. The van der Waals surface area contributed by atoms with E-state index in [-0.39, 0.29) is 5.25 Å². The predicted octanol–water partition coefficient (Wildman–Crippen LogP) is 3.49. The Balaban J connectivity index is 2.24. The zero-order chi connectivity index (χ0) is 10.7. The van der Waals surface area contributed by atoms with Crippen LogP contribution in [0.1, 0.15) is 23.2 Å². The summed E-state index contributed by atoms with van der Waals surface area (Å²) >= 11 is 3.46. The first kappa shape index (κ1) is 11.1. The predicted molar refractivity (Wildman–Crippen MR) is 68.0 cm³/mol. The van der Waals surface area contributed by atoms with Gasteiger partial charge < -0.3 is 0 Å². The SMILES string of the molecule is CSc1ccccc1C(=O)C1CCCS1. The Morgan fingerprint density at radius 3 is 2.93 bits per heavy atom. The van der Waals surface area contributed by atoms with Gasteiger partial charge in [0.15, 0.2) is 5.78 Å². The van der Waals surface area contributed by atoms with Gasteiger partial charge in [0, 0.05) is 10.5 Å². The second kappa shape index (κ2) is 5.08. The van der Waals surface area contributed by atoms with Gasteiger partial charge in [-0.3, -0.25) is 4.79 Å². The van der Waals surface area contributed by atoms with Crippen molar-refractivity contribution >= 4 is 29.3 Å². The molecule has 0 radical (unpaired) electrons. The van der Waals surface area contributed by atoms with Gasteiger partial charge >= 0.3 is 0 Å². The van der Waals surface area contributed by atoms with Crippen LogP contribution >= 0.6 is 23.5 Å². The van der Waals surface area contributed by atoms with Crippen LogP contribution in [0.3, 0.4) is 0 Å². The molecule has 1 aliphatic heterocycles. The van der Waals surface area contributed by atoms with Crippen LogP contribution in [0, 0.1) is 0 Å². The summed E-state index contributed by atoms with van der Waals surface area (Å²) < 4.78 is 0. The Hall–Kier alpha value is -0.410. The highest BCUT2D eigenvalue weighted by molar-refractivity contribution is 8.01. The van der Waals surface area contributed by atoms with Gasteiger partial charge in [0.2, 0.25) is 0 Å². The number of carbonyl (C=O) groups is 1. The van der Waals surface area contributed by atoms with Gasteiger partial charge in [-0.25, -0.2) is 0 Å². The smallest absolute Gasteiger partial charge is 0.176 e. The number of benzene rings is 1. The van der Waals surface area contributed by atoms with Crippen LogP contribution in [0.25, 0.3) is 0 Å². The maximum Gasteiger partial charge on any atom is 0.176 e. The molecule has 3 heteroatoms. The number of carbonyl (C=O) groups excluding carboxylic acids is 1. The molecule has 0 saturated carbocycles. The van der Waals surface area contributed by atoms with Crippen LogP contribution in [0.15, 0.2) is 29.2 Å². The van der Waals surface area contributed by atoms with E-state index in [2.05, 4.69) is 0 Å². The fraction of sp³-hybridized carbons (Fsp3) is 0.417. The molecule has 1 saturated heterocycles. The molecule has 1 aromatic rings. The minimum absolute atomic E-state index is 0.207. The van der Waals surface area contributed by atoms with E-state index in [9.17, 15) is 4.79 Å². The molecule has 1 aliphatic rings. The largest absolute Gasteiger partial charge is 0.293 e. The normalized spacial score (nSPS) is 20.5. The Kier molecular flexibility index (Phi) is 3.76. The summed E-state index contributed by atoms with van der Waals surface area (Å²) in [5.41, 5.74) is 0.907. The molecule has 1 fully saturated rings. The van der Waals surface area contributed by atoms with Crippen molar-refractivity contribution in [3.63, 3.8) is 0 Å². The Labute approximate surface area is 99.0 Å². The lowest BCUT2D eigenvalue weighted by Gasteiger charge is -2.10. The van der Waals surface area contributed by atoms with Crippen LogP contribution in [0.2, 0.25) is 0 Å². The van der Waals surface area contributed by atoms with E-state index in [4.69, 9.17) is 0 Å². The monoisotopic (exact) mass is 238 g/mol.